The van der Waals surface area contributed by atoms with Crippen LogP contribution in [0, 0.1) is 20.8 Å². The number of sulfonamides is 1. The summed E-state index contributed by atoms with van der Waals surface area (Å²) in [6.07, 6.45) is 1.09. The van der Waals surface area contributed by atoms with Crippen LogP contribution in [0.15, 0.2) is 36.4 Å². The first-order valence-corrected chi connectivity index (χ1v) is 10.4. The van der Waals surface area contributed by atoms with Crippen LogP contribution in [-0.4, -0.2) is 26.6 Å². The van der Waals surface area contributed by atoms with Gasteiger partial charge in [-0.2, -0.15) is 0 Å². The van der Waals surface area contributed by atoms with E-state index in [0.717, 1.165) is 27.3 Å². The molecule has 0 aliphatic carbocycles. The Morgan fingerprint density at radius 1 is 1.12 bits per heavy atom. The van der Waals surface area contributed by atoms with Gasteiger partial charge < -0.3 is 5.32 Å². The zero-order valence-electron chi connectivity index (χ0n) is 15.5. The van der Waals surface area contributed by atoms with Crippen molar-refractivity contribution >= 4 is 38.9 Å². The van der Waals surface area contributed by atoms with Gasteiger partial charge in [0.05, 0.1) is 11.9 Å². The number of carbonyl (C=O) groups excluding carboxylic acids is 1. The first-order valence-electron chi connectivity index (χ1n) is 8.15. The third-order valence-corrected chi connectivity index (χ3v) is 6.01. The van der Waals surface area contributed by atoms with E-state index in [0.29, 0.717) is 16.4 Å². The van der Waals surface area contributed by atoms with Crippen molar-refractivity contribution in [2.75, 3.05) is 15.9 Å². The van der Waals surface area contributed by atoms with E-state index in [-0.39, 0.29) is 0 Å². The van der Waals surface area contributed by atoms with Crippen LogP contribution in [-0.2, 0) is 14.8 Å². The number of nitrogens with one attached hydrogen (secondary N) is 1. The Bertz CT molecular complexity index is 942. The molecular formula is C19H23ClN2O3S. The zero-order chi connectivity index (χ0) is 19.6. The van der Waals surface area contributed by atoms with Crippen molar-refractivity contribution < 1.29 is 13.2 Å². The first kappa shape index (κ1) is 20.3. The number of halogens is 1. The fourth-order valence-electron chi connectivity index (χ4n) is 2.65. The molecule has 0 saturated carbocycles. The number of benzene rings is 2. The minimum absolute atomic E-state index is 0.431. The van der Waals surface area contributed by atoms with Gasteiger partial charge in [0.2, 0.25) is 15.9 Å². The molecule has 140 valence electrons. The predicted octanol–water partition coefficient (Wildman–Crippen LogP) is 4.06. The second-order valence-corrected chi connectivity index (χ2v) is 8.67. The highest BCUT2D eigenvalue weighted by Crippen LogP contribution is 2.26. The topological polar surface area (TPSA) is 66.5 Å². The lowest BCUT2D eigenvalue weighted by Gasteiger charge is -2.29. The summed E-state index contributed by atoms with van der Waals surface area (Å²) in [4.78, 5) is 12.7. The molecule has 26 heavy (non-hydrogen) atoms. The molecule has 0 aliphatic rings. The first-order chi connectivity index (χ1) is 12.0. The van der Waals surface area contributed by atoms with E-state index in [1.54, 1.807) is 44.2 Å². The minimum atomic E-state index is -3.66. The van der Waals surface area contributed by atoms with Gasteiger partial charge in [0, 0.05) is 10.7 Å². The van der Waals surface area contributed by atoms with Crippen molar-refractivity contribution in [3.05, 3.63) is 58.1 Å². The SMILES string of the molecule is Cc1ccc(N([C@@H](C)C(=O)Nc2cccc(Cl)c2C)S(C)(=O)=O)cc1C. The monoisotopic (exact) mass is 394 g/mol. The predicted molar refractivity (Wildman–Crippen MR) is 108 cm³/mol. The van der Waals surface area contributed by atoms with Crippen LogP contribution in [0.1, 0.15) is 23.6 Å². The van der Waals surface area contributed by atoms with E-state index >= 15 is 0 Å². The quantitative estimate of drug-likeness (QED) is 0.831. The number of nitrogens with zero attached hydrogens (tertiary/aromatic N) is 1. The van der Waals surface area contributed by atoms with E-state index in [2.05, 4.69) is 5.32 Å². The van der Waals surface area contributed by atoms with Crippen LogP contribution in [0.5, 0.6) is 0 Å². The van der Waals surface area contributed by atoms with E-state index < -0.39 is 22.0 Å². The van der Waals surface area contributed by atoms with Crippen molar-refractivity contribution in [2.45, 2.75) is 33.7 Å². The Balaban J connectivity index is 2.37. The summed E-state index contributed by atoms with van der Waals surface area (Å²) in [5.74, 6) is -0.431. The van der Waals surface area contributed by atoms with Gasteiger partial charge in [-0.15, -0.1) is 0 Å². The molecule has 0 aliphatic heterocycles. The summed E-state index contributed by atoms with van der Waals surface area (Å²) in [5.41, 5.74) is 3.75. The molecule has 1 amide bonds. The molecule has 0 fully saturated rings. The molecule has 0 aromatic heterocycles. The molecule has 1 N–H and O–H groups in total. The molecule has 0 radical (unpaired) electrons. The lowest BCUT2D eigenvalue weighted by molar-refractivity contribution is -0.116. The van der Waals surface area contributed by atoms with E-state index in [4.69, 9.17) is 11.6 Å². The summed E-state index contributed by atoms with van der Waals surface area (Å²) >= 11 is 6.08. The molecule has 0 unspecified atom stereocenters. The fraction of sp³-hybridized carbons (Fsp3) is 0.316. The van der Waals surface area contributed by atoms with Gasteiger partial charge in [0.15, 0.2) is 0 Å². The second kappa shape index (κ2) is 7.68. The average Bonchev–Trinajstić information content (AvgIpc) is 2.54. The van der Waals surface area contributed by atoms with Crippen LogP contribution >= 0.6 is 11.6 Å². The smallest absolute Gasteiger partial charge is 0.248 e. The fourth-order valence-corrected chi connectivity index (χ4v) is 3.99. The van der Waals surface area contributed by atoms with Crippen molar-refractivity contribution in [2.24, 2.45) is 0 Å². The third kappa shape index (κ3) is 4.37. The molecule has 7 heteroatoms. The van der Waals surface area contributed by atoms with Crippen LogP contribution in [0.25, 0.3) is 0 Å². The molecule has 0 saturated heterocycles. The van der Waals surface area contributed by atoms with Gasteiger partial charge in [0.1, 0.15) is 6.04 Å². The summed E-state index contributed by atoms with van der Waals surface area (Å²) in [5, 5.41) is 3.30. The van der Waals surface area contributed by atoms with Gasteiger partial charge in [-0.1, -0.05) is 23.7 Å². The lowest BCUT2D eigenvalue weighted by atomic mass is 10.1. The Labute approximate surface area is 160 Å². The number of hydrogen-bond donors (Lipinski definition) is 1. The lowest BCUT2D eigenvalue weighted by Crippen LogP contribution is -2.45. The minimum Gasteiger partial charge on any atom is -0.324 e. The molecule has 2 aromatic carbocycles. The number of carbonyl (C=O) groups is 1. The largest absolute Gasteiger partial charge is 0.324 e. The van der Waals surface area contributed by atoms with Crippen molar-refractivity contribution in [3.63, 3.8) is 0 Å². The molecule has 0 heterocycles. The molecule has 0 spiro atoms. The summed E-state index contributed by atoms with van der Waals surface area (Å²) in [7, 11) is -3.66. The maximum absolute atomic E-state index is 12.7. The normalized spacial score (nSPS) is 12.5. The molecule has 0 bridgehead atoms. The van der Waals surface area contributed by atoms with Crippen LogP contribution in [0.2, 0.25) is 5.02 Å². The van der Waals surface area contributed by atoms with Crippen molar-refractivity contribution in [1.82, 2.24) is 0 Å². The maximum Gasteiger partial charge on any atom is 0.248 e. The van der Waals surface area contributed by atoms with Gasteiger partial charge >= 0.3 is 0 Å². The molecular weight excluding hydrogens is 372 g/mol. The second-order valence-electron chi connectivity index (χ2n) is 6.40. The van der Waals surface area contributed by atoms with E-state index in [9.17, 15) is 13.2 Å². The molecule has 5 nitrogen and oxygen atoms in total. The third-order valence-electron chi connectivity index (χ3n) is 4.36. The maximum atomic E-state index is 12.7. The highest BCUT2D eigenvalue weighted by atomic mass is 35.5. The van der Waals surface area contributed by atoms with Gasteiger partial charge in [-0.25, -0.2) is 8.42 Å². The summed E-state index contributed by atoms with van der Waals surface area (Å²) in [6, 6.07) is 9.58. The molecule has 2 rings (SSSR count). The van der Waals surface area contributed by atoms with Crippen LogP contribution in [0.4, 0.5) is 11.4 Å². The molecule has 1 atom stereocenters. The Morgan fingerprint density at radius 2 is 1.77 bits per heavy atom. The number of anilines is 2. The highest BCUT2D eigenvalue weighted by Gasteiger charge is 2.29. The summed E-state index contributed by atoms with van der Waals surface area (Å²) < 4.78 is 25.9. The number of aryl methyl sites for hydroxylation is 2. The number of amides is 1. The van der Waals surface area contributed by atoms with Gasteiger partial charge in [-0.05, 0) is 68.7 Å². The average molecular weight is 395 g/mol. The van der Waals surface area contributed by atoms with E-state index in [1.807, 2.05) is 19.9 Å². The number of rotatable bonds is 5. The highest BCUT2D eigenvalue weighted by molar-refractivity contribution is 7.92. The standard InChI is InChI=1S/C19H23ClN2O3S/c1-12-9-10-16(11-13(12)2)22(26(5,24)25)15(4)19(23)21-18-8-6-7-17(20)14(18)3/h6-11,15H,1-5H3,(H,21,23)/t15-/m0/s1. The molecule has 2 aromatic rings. The van der Waals surface area contributed by atoms with E-state index in [1.165, 1.54) is 0 Å². The number of hydrogen-bond acceptors (Lipinski definition) is 3. The van der Waals surface area contributed by atoms with Gasteiger partial charge in [0.25, 0.3) is 0 Å². The van der Waals surface area contributed by atoms with Crippen LogP contribution < -0.4 is 9.62 Å². The zero-order valence-corrected chi connectivity index (χ0v) is 17.1. The summed E-state index contributed by atoms with van der Waals surface area (Å²) in [6.45, 7) is 7.20. The Hall–Kier alpha value is -2.05. The Morgan fingerprint density at radius 3 is 2.35 bits per heavy atom. The van der Waals surface area contributed by atoms with Crippen molar-refractivity contribution in [1.29, 1.82) is 0 Å². The van der Waals surface area contributed by atoms with Crippen LogP contribution in [0.3, 0.4) is 0 Å². The van der Waals surface area contributed by atoms with Gasteiger partial charge in [-0.3, -0.25) is 9.10 Å². The Kier molecular flexibility index (Phi) is 5.98. The van der Waals surface area contributed by atoms with Crippen molar-refractivity contribution in [3.8, 4) is 0 Å².